The Morgan fingerprint density at radius 2 is 2.00 bits per heavy atom. The van der Waals surface area contributed by atoms with Crippen molar-refractivity contribution in [2.45, 2.75) is 18.9 Å². The van der Waals surface area contributed by atoms with E-state index in [1.807, 2.05) is 29.2 Å². The van der Waals surface area contributed by atoms with Gasteiger partial charge in [0, 0.05) is 49.5 Å². The quantitative estimate of drug-likeness (QED) is 0.674. The summed E-state index contributed by atoms with van der Waals surface area (Å²) in [5.41, 5.74) is 7.61. The number of pyridine rings is 1. The second kappa shape index (κ2) is 11.2. The molecular formula is C22H28N6O3. The minimum absolute atomic E-state index is 0.265. The van der Waals surface area contributed by atoms with Crippen LogP contribution in [0.3, 0.4) is 0 Å². The van der Waals surface area contributed by atoms with E-state index in [2.05, 4.69) is 21.3 Å². The zero-order chi connectivity index (χ0) is 22.1. The minimum atomic E-state index is -0.290. The SMILES string of the molecule is N#Cc1ccc(N2CCOCC2)c2cccnc12.NC(=O)CN1CCC(NC=O)CC1. The van der Waals surface area contributed by atoms with Crippen molar-refractivity contribution in [3.05, 3.63) is 36.0 Å². The van der Waals surface area contributed by atoms with E-state index < -0.39 is 0 Å². The fourth-order valence-electron chi connectivity index (χ4n) is 3.90. The van der Waals surface area contributed by atoms with E-state index in [4.69, 9.17) is 15.7 Å². The summed E-state index contributed by atoms with van der Waals surface area (Å²) in [6, 6.07) is 10.2. The normalized spacial score (nSPS) is 17.3. The molecule has 31 heavy (non-hydrogen) atoms. The topological polar surface area (TPSA) is 125 Å². The standard InChI is InChI=1S/C14H13N3O.C8H15N3O2/c15-10-11-3-4-13(17-6-8-18-9-7-17)12-2-1-5-16-14(11)12;9-8(13)5-11-3-1-7(2-4-11)10-6-12/h1-5H,6-9H2;6-7H,1-5H2,(H2,9,13)(H,10,12). The summed E-state index contributed by atoms with van der Waals surface area (Å²) in [7, 11) is 0. The molecule has 0 bridgehead atoms. The molecule has 3 N–H and O–H groups in total. The number of aromatic nitrogens is 1. The van der Waals surface area contributed by atoms with Gasteiger partial charge in [-0.2, -0.15) is 5.26 Å². The first-order chi connectivity index (χ1) is 15.1. The maximum atomic E-state index is 10.6. The number of morpholine rings is 1. The molecule has 2 aliphatic heterocycles. The van der Waals surface area contributed by atoms with Gasteiger partial charge in [0.15, 0.2) is 0 Å². The number of amides is 2. The average Bonchev–Trinajstić information content (AvgIpc) is 2.80. The van der Waals surface area contributed by atoms with Crippen LogP contribution in [0.1, 0.15) is 18.4 Å². The second-order valence-electron chi connectivity index (χ2n) is 7.54. The van der Waals surface area contributed by atoms with Gasteiger partial charge in [-0.15, -0.1) is 0 Å². The number of ether oxygens (including phenoxy) is 1. The van der Waals surface area contributed by atoms with Crippen LogP contribution in [0.5, 0.6) is 0 Å². The maximum Gasteiger partial charge on any atom is 0.231 e. The summed E-state index contributed by atoms with van der Waals surface area (Å²) >= 11 is 0. The van der Waals surface area contributed by atoms with E-state index >= 15 is 0 Å². The van der Waals surface area contributed by atoms with Crippen molar-refractivity contribution in [2.24, 2.45) is 5.73 Å². The highest BCUT2D eigenvalue weighted by atomic mass is 16.5. The first-order valence-corrected chi connectivity index (χ1v) is 10.4. The predicted molar refractivity (Wildman–Crippen MR) is 117 cm³/mol. The van der Waals surface area contributed by atoms with Crippen molar-refractivity contribution in [3.63, 3.8) is 0 Å². The molecule has 2 saturated heterocycles. The highest BCUT2D eigenvalue weighted by molar-refractivity contribution is 5.95. The number of nitriles is 1. The average molecular weight is 425 g/mol. The number of hydrogen-bond donors (Lipinski definition) is 2. The second-order valence-corrected chi connectivity index (χ2v) is 7.54. The Labute approximate surface area is 181 Å². The Morgan fingerprint density at radius 3 is 2.65 bits per heavy atom. The monoisotopic (exact) mass is 424 g/mol. The Hall–Kier alpha value is -3.22. The molecule has 0 radical (unpaired) electrons. The number of carbonyl (C=O) groups excluding carboxylic acids is 2. The first-order valence-electron chi connectivity index (χ1n) is 10.4. The molecule has 4 rings (SSSR count). The van der Waals surface area contributed by atoms with Gasteiger partial charge in [-0.25, -0.2) is 0 Å². The minimum Gasteiger partial charge on any atom is -0.378 e. The fourth-order valence-corrected chi connectivity index (χ4v) is 3.90. The summed E-state index contributed by atoms with van der Waals surface area (Å²) < 4.78 is 5.37. The Bertz CT molecular complexity index is 930. The van der Waals surface area contributed by atoms with Gasteiger partial charge in [0.05, 0.1) is 30.8 Å². The number of benzene rings is 1. The van der Waals surface area contributed by atoms with Crippen LogP contribution in [0.2, 0.25) is 0 Å². The number of rotatable bonds is 5. The zero-order valence-electron chi connectivity index (χ0n) is 17.5. The number of likely N-dealkylation sites (tertiary alicyclic amines) is 1. The summed E-state index contributed by atoms with van der Waals surface area (Å²) in [5, 5.41) is 12.9. The van der Waals surface area contributed by atoms with E-state index in [0.717, 1.165) is 75.2 Å². The van der Waals surface area contributed by atoms with E-state index in [9.17, 15) is 9.59 Å². The Balaban J connectivity index is 0.000000187. The van der Waals surface area contributed by atoms with Crippen molar-refractivity contribution in [1.82, 2.24) is 15.2 Å². The number of nitrogens with zero attached hydrogens (tertiary/aromatic N) is 4. The van der Waals surface area contributed by atoms with Gasteiger partial charge in [-0.05, 0) is 37.1 Å². The molecule has 3 heterocycles. The van der Waals surface area contributed by atoms with Crippen molar-refractivity contribution >= 4 is 28.9 Å². The maximum absolute atomic E-state index is 10.6. The van der Waals surface area contributed by atoms with Crippen LogP contribution in [-0.2, 0) is 14.3 Å². The van der Waals surface area contributed by atoms with Crippen molar-refractivity contribution < 1.29 is 14.3 Å². The molecule has 164 valence electrons. The molecule has 9 nitrogen and oxygen atoms in total. The van der Waals surface area contributed by atoms with Gasteiger partial charge < -0.3 is 20.7 Å². The number of nitrogens with one attached hydrogen (secondary N) is 1. The molecule has 2 aliphatic rings. The number of anilines is 1. The third kappa shape index (κ3) is 6.13. The van der Waals surface area contributed by atoms with Crippen LogP contribution in [-0.4, -0.2) is 74.2 Å². The van der Waals surface area contributed by atoms with Crippen LogP contribution >= 0.6 is 0 Å². The largest absolute Gasteiger partial charge is 0.378 e. The molecule has 9 heteroatoms. The summed E-state index contributed by atoms with van der Waals surface area (Å²) in [6.07, 6.45) is 4.25. The molecule has 0 aliphatic carbocycles. The third-order valence-electron chi connectivity index (χ3n) is 5.49. The number of hydrogen-bond acceptors (Lipinski definition) is 7. The lowest BCUT2D eigenvalue weighted by Gasteiger charge is -2.30. The van der Waals surface area contributed by atoms with Crippen molar-refractivity contribution in [1.29, 1.82) is 5.26 Å². The summed E-state index contributed by atoms with van der Waals surface area (Å²) in [5.74, 6) is -0.290. The van der Waals surface area contributed by atoms with Crippen molar-refractivity contribution in [2.75, 3.05) is 50.8 Å². The lowest BCUT2D eigenvalue weighted by atomic mass is 10.1. The zero-order valence-corrected chi connectivity index (χ0v) is 17.5. The highest BCUT2D eigenvalue weighted by Gasteiger charge is 2.19. The van der Waals surface area contributed by atoms with Gasteiger partial charge in [0.25, 0.3) is 0 Å². The molecule has 2 fully saturated rings. The molecule has 1 aromatic heterocycles. The molecule has 2 amide bonds. The van der Waals surface area contributed by atoms with Crippen molar-refractivity contribution in [3.8, 4) is 6.07 Å². The van der Waals surface area contributed by atoms with Gasteiger partial charge in [-0.1, -0.05) is 0 Å². The van der Waals surface area contributed by atoms with Crippen LogP contribution in [0.25, 0.3) is 10.9 Å². The van der Waals surface area contributed by atoms with Gasteiger partial charge in [-0.3, -0.25) is 19.5 Å². The highest BCUT2D eigenvalue weighted by Crippen LogP contribution is 2.28. The smallest absolute Gasteiger partial charge is 0.231 e. The molecule has 1 aromatic carbocycles. The lowest BCUT2D eigenvalue weighted by molar-refractivity contribution is -0.119. The number of fused-ring (bicyclic) bond motifs is 1. The van der Waals surface area contributed by atoms with E-state index in [1.165, 1.54) is 0 Å². The number of primary amides is 1. The van der Waals surface area contributed by atoms with Crippen LogP contribution in [0, 0.1) is 11.3 Å². The summed E-state index contributed by atoms with van der Waals surface area (Å²) in [4.78, 5) is 29.3. The van der Waals surface area contributed by atoms with Gasteiger partial charge in [0.2, 0.25) is 12.3 Å². The molecule has 2 aromatic rings. The van der Waals surface area contributed by atoms with Crippen LogP contribution in [0.15, 0.2) is 30.5 Å². The fraction of sp³-hybridized carbons (Fsp3) is 0.455. The first kappa shape index (κ1) is 22.5. The van der Waals surface area contributed by atoms with Gasteiger partial charge in [0.1, 0.15) is 6.07 Å². The third-order valence-corrected chi connectivity index (χ3v) is 5.49. The molecule has 0 spiro atoms. The van der Waals surface area contributed by atoms with E-state index in [0.29, 0.717) is 12.1 Å². The number of piperidine rings is 1. The predicted octanol–water partition coefficient (Wildman–Crippen LogP) is 0.625. The number of nitrogens with two attached hydrogens (primary N) is 1. The Kier molecular flexibility index (Phi) is 8.15. The Morgan fingerprint density at radius 1 is 1.26 bits per heavy atom. The van der Waals surface area contributed by atoms with Gasteiger partial charge >= 0.3 is 0 Å². The lowest BCUT2D eigenvalue weighted by Crippen LogP contribution is -2.44. The van der Waals surface area contributed by atoms with Crippen LogP contribution in [0.4, 0.5) is 5.69 Å². The molecular weight excluding hydrogens is 396 g/mol. The van der Waals surface area contributed by atoms with E-state index in [-0.39, 0.29) is 11.9 Å². The van der Waals surface area contributed by atoms with E-state index in [1.54, 1.807) is 6.20 Å². The number of carbonyl (C=O) groups is 2. The molecule has 0 saturated carbocycles. The summed E-state index contributed by atoms with van der Waals surface area (Å²) in [6.45, 7) is 5.26. The van der Waals surface area contributed by atoms with Crippen LogP contribution < -0.4 is 16.0 Å². The molecule has 0 unspecified atom stereocenters. The molecule has 0 atom stereocenters.